The minimum atomic E-state index is 0.206. The predicted molar refractivity (Wildman–Crippen MR) is 80.0 cm³/mol. The van der Waals surface area contributed by atoms with E-state index in [1.54, 1.807) is 0 Å². The third kappa shape index (κ3) is 4.92. The SMILES string of the molecule is CC(C)(C)NCC1CCCCN1Cc1cccnc1. The van der Waals surface area contributed by atoms with Crippen molar-refractivity contribution in [3.63, 3.8) is 0 Å². The molecule has 2 heterocycles. The highest BCUT2D eigenvalue weighted by Gasteiger charge is 2.23. The van der Waals surface area contributed by atoms with Crippen LogP contribution in [0.15, 0.2) is 24.5 Å². The predicted octanol–water partition coefficient (Wildman–Crippen LogP) is 2.82. The van der Waals surface area contributed by atoms with Gasteiger partial charge in [-0.3, -0.25) is 9.88 Å². The molecule has 0 spiro atoms. The zero-order valence-corrected chi connectivity index (χ0v) is 12.5. The molecular weight excluding hydrogens is 234 g/mol. The van der Waals surface area contributed by atoms with Gasteiger partial charge in [-0.2, -0.15) is 0 Å². The summed E-state index contributed by atoms with van der Waals surface area (Å²) >= 11 is 0. The van der Waals surface area contributed by atoms with Crippen LogP contribution in [0.5, 0.6) is 0 Å². The Morgan fingerprint density at radius 3 is 2.89 bits per heavy atom. The average molecular weight is 261 g/mol. The number of hydrogen-bond donors (Lipinski definition) is 1. The van der Waals surface area contributed by atoms with Crippen molar-refractivity contribution in [1.82, 2.24) is 15.2 Å². The van der Waals surface area contributed by atoms with Crippen LogP contribution < -0.4 is 5.32 Å². The molecule has 1 N–H and O–H groups in total. The molecule has 1 aromatic heterocycles. The van der Waals surface area contributed by atoms with E-state index in [0.717, 1.165) is 13.1 Å². The molecule has 1 aromatic rings. The molecule has 0 saturated carbocycles. The fraction of sp³-hybridized carbons (Fsp3) is 0.688. The van der Waals surface area contributed by atoms with Gasteiger partial charge in [0.25, 0.3) is 0 Å². The van der Waals surface area contributed by atoms with Crippen LogP contribution in [0, 0.1) is 0 Å². The van der Waals surface area contributed by atoms with Crippen molar-refractivity contribution in [2.75, 3.05) is 13.1 Å². The van der Waals surface area contributed by atoms with E-state index in [0.29, 0.717) is 6.04 Å². The molecule has 1 atom stereocenters. The number of piperidine rings is 1. The number of pyridine rings is 1. The van der Waals surface area contributed by atoms with E-state index >= 15 is 0 Å². The lowest BCUT2D eigenvalue weighted by molar-refractivity contribution is 0.131. The summed E-state index contributed by atoms with van der Waals surface area (Å²) in [7, 11) is 0. The standard InChI is InChI=1S/C16H27N3/c1-16(2,3)18-12-15-8-4-5-10-19(15)13-14-7-6-9-17-11-14/h6-7,9,11,15,18H,4-5,8,10,12-13H2,1-3H3. The highest BCUT2D eigenvalue weighted by molar-refractivity contribution is 5.08. The molecule has 0 aliphatic carbocycles. The van der Waals surface area contributed by atoms with Crippen molar-refractivity contribution in [2.45, 2.75) is 58.2 Å². The number of rotatable bonds is 4. The minimum absolute atomic E-state index is 0.206. The van der Waals surface area contributed by atoms with Crippen LogP contribution in [-0.4, -0.2) is 34.6 Å². The van der Waals surface area contributed by atoms with Gasteiger partial charge in [0.15, 0.2) is 0 Å². The molecule has 1 aliphatic rings. The Hall–Kier alpha value is -0.930. The molecule has 0 radical (unpaired) electrons. The number of nitrogens with zero attached hydrogens (tertiary/aromatic N) is 2. The summed E-state index contributed by atoms with van der Waals surface area (Å²) < 4.78 is 0. The molecule has 1 saturated heterocycles. The van der Waals surface area contributed by atoms with E-state index in [9.17, 15) is 0 Å². The molecular formula is C16H27N3. The van der Waals surface area contributed by atoms with Gasteiger partial charge in [-0.15, -0.1) is 0 Å². The summed E-state index contributed by atoms with van der Waals surface area (Å²) in [5.41, 5.74) is 1.53. The Labute approximate surface area is 117 Å². The second-order valence-corrected chi connectivity index (χ2v) is 6.61. The number of likely N-dealkylation sites (tertiary alicyclic amines) is 1. The first kappa shape index (κ1) is 14.5. The van der Waals surface area contributed by atoms with Crippen LogP contribution in [0.4, 0.5) is 0 Å². The average Bonchev–Trinajstić information content (AvgIpc) is 2.38. The zero-order chi connectivity index (χ0) is 13.7. The van der Waals surface area contributed by atoms with Gasteiger partial charge in [-0.05, 0) is 51.8 Å². The molecule has 2 rings (SSSR count). The van der Waals surface area contributed by atoms with Gasteiger partial charge in [0, 0.05) is 37.1 Å². The first-order chi connectivity index (χ1) is 9.04. The number of hydrogen-bond acceptors (Lipinski definition) is 3. The molecule has 0 amide bonds. The summed E-state index contributed by atoms with van der Waals surface area (Å²) in [5.74, 6) is 0. The summed E-state index contributed by atoms with van der Waals surface area (Å²) in [6.45, 7) is 10.0. The van der Waals surface area contributed by atoms with Crippen molar-refractivity contribution in [2.24, 2.45) is 0 Å². The highest BCUT2D eigenvalue weighted by atomic mass is 15.2. The maximum atomic E-state index is 4.22. The van der Waals surface area contributed by atoms with Crippen molar-refractivity contribution < 1.29 is 0 Å². The van der Waals surface area contributed by atoms with Crippen LogP contribution in [0.1, 0.15) is 45.6 Å². The topological polar surface area (TPSA) is 28.2 Å². The molecule has 0 aromatic carbocycles. The molecule has 1 aliphatic heterocycles. The van der Waals surface area contributed by atoms with Gasteiger partial charge in [0.2, 0.25) is 0 Å². The van der Waals surface area contributed by atoms with Gasteiger partial charge in [0.1, 0.15) is 0 Å². The molecule has 19 heavy (non-hydrogen) atoms. The minimum Gasteiger partial charge on any atom is -0.311 e. The van der Waals surface area contributed by atoms with Gasteiger partial charge < -0.3 is 5.32 Å². The third-order valence-electron chi connectivity index (χ3n) is 3.73. The second-order valence-electron chi connectivity index (χ2n) is 6.61. The van der Waals surface area contributed by atoms with Crippen molar-refractivity contribution >= 4 is 0 Å². The lowest BCUT2D eigenvalue weighted by Gasteiger charge is -2.37. The number of nitrogens with one attached hydrogen (secondary N) is 1. The van der Waals surface area contributed by atoms with Crippen molar-refractivity contribution in [1.29, 1.82) is 0 Å². The summed E-state index contributed by atoms with van der Waals surface area (Å²) in [6, 6.07) is 4.87. The number of aromatic nitrogens is 1. The van der Waals surface area contributed by atoms with E-state index in [1.165, 1.54) is 31.4 Å². The van der Waals surface area contributed by atoms with E-state index in [4.69, 9.17) is 0 Å². The summed E-state index contributed by atoms with van der Waals surface area (Å²) in [4.78, 5) is 6.83. The molecule has 0 bridgehead atoms. The first-order valence-corrected chi connectivity index (χ1v) is 7.42. The Balaban J connectivity index is 1.92. The first-order valence-electron chi connectivity index (χ1n) is 7.42. The quantitative estimate of drug-likeness (QED) is 0.903. The van der Waals surface area contributed by atoms with Crippen LogP contribution >= 0.6 is 0 Å². The van der Waals surface area contributed by atoms with E-state index in [2.05, 4.69) is 42.0 Å². The highest BCUT2D eigenvalue weighted by Crippen LogP contribution is 2.19. The van der Waals surface area contributed by atoms with Crippen LogP contribution in [0.3, 0.4) is 0 Å². The van der Waals surface area contributed by atoms with Crippen molar-refractivity contribution in [3.8, 4) is 0 Å². The lowest BCUT2D eigenvalue weighted by Crippen LogP contribution is -2.49. The third-order valence-corrected chi connectivity index (χ3v) is 3.73. The van der Waals surface area contributed by atoms with E-state index in [-0.39, 0.29) is 5.54 Å². The van der Waals surface area contributed by atoms with E-state index in [1.807, 2.05) is 18.5 Å². The van der Waals surface area contributed by atoms with Gasteiger partial charge >= 0.3 is 0 Å². The maximum absolute atomic E-state index is 4.22. The Morgan fingerprint density at radius 1 is 1.37 bits per heavy atom. The molecule has 3 heteroatoms. The molecule has 3 nitrogen and oxygen atoms in total. The Morgan fingerprint density at radius 2 is 2.21 bits per heavy atom. The Kier molecular flexibility index (Phi) is 4.94. The summed E-state index contributed by atoms with van der Waals surface area (Å²) in [6.07, 6.45) is 7.83. The largest absolute Gasteiger partial charge is 0.311 e. The monoisotopic (exact) mass is 261 g/mol. The fourth-order valence-corrected chi connectivity index (χ4v) is 2.65. The summed E-state index contributed by atoms with van der Waals surface area (Å²) in [5, 5.41) is 3.65. The van der Waals surface area contributed by atoms with Crippen LogP contribution in [0.25, 0.3) is 0 Å². The Bertz CT molecular complexity index is 369. The molecule has 106 valence electrons. The molecule has 1 fully saturated rings. The van der Waals surface area contributed by atoms with Gasteiger partial charge in [0.05, 0.1) is 0 Å². The lowest BCUT2D eigenvalue weighted by atomic mass is 10.00. The molecule has 1 unspecified atom stereocenters. The normalized spacial score (nSPS) is 21.5. The smallest absolute Gasteiger partial charge is 0.0312 e. The van der Waals surface area contributed by atoms with Crippen LogP contribution in [-0.2, 0) is 6.54 Å². The zero-order valence-electron chi connectivity index (χ0n) is 12.5. The van der Waals surface area contributed by atoms with E-state index < -0.39 is 0 Å². The van der Waals surface area contributed by atoms with Gasteiger partial charge in [-0.25, -0.2) is 0 Å². The fourth-order valence-electron chi connectivity index (χ4n) is 2.65. The van der Waals surface area contributed by atoms with Crippen LogP contribution in [0.2, 0.25) is 0 Å². The van der Waals surface area contributed by atoms with Crippen molar-refractivity contribution in [3.05, 3.63) is 30.1 Å². The maximum Gasteiger partial charge on any atom is 0.0312 e. The second kappa shape index (κ2) is 6.49. The van der Waals surface area contributed by atoms with Gasteiger partial charge in [-0.1, -0.05) is 12.5 Å².